The minimum Gasteiger partial charge on any atom is -0.354 e. The summed E-state index contributed by atoms with van der Waals surface area (Å²) >= 11 is 0. The number of nitrogens with zero attached hydrogens (tertiary/aromatic N) is 2. The number of halogens is 3. The average molecular weight is 260 g/mol. The largest absolute Gasteiger partial charge is 0.417 e. The number of hydrogen-bond donors (Lipinski definition) is 0. The topological polar surface area (TPSA) is 16.1 Å². The summed E-state index contributed by atoms with van der Waals surface area (Å²) in [6, 6.07) is 1.48. The van der Waals surface area contributed by atoms with Gasteiger partial charge in [0.1, 0.15) is 5.82 Å². The number of aromatic nitrogens is 1. The van der Waals surface area contributed by atoms with Gasteiger partial charge in [0.2, 0.25) is 0 Å². The van der Waals surface area contributed by atoms with Crippen molar-refractivity contribution in [1.29, 1.82) is 0 Å². The van der Waals surface area contributed by atoms with E-state index in [-0.39, 0.29) is 6.04 Å². The molecule has 0 radical (unpaired) electrons. The molecule has 0 amide bonds. The maximum Gasteiger partial charge on any atom is 0.417 e. The van der Waals surface area contributed by atoms with Crippen molar-refractivity contribution in [3.63, 3.8) is 0 Å². The Bertz CT molecular complexity index is 400. The predicted octanol–water partition coefficient (Wildman–Crippen LogP) is 3.90. The summed E-state index contributed by atoms with van der Waals surface area (Å²) in [6.45, 7) is 8.77. The van der Waals surface area contributed by atoms with E-state index < -0.39 is 11.7 Å². The van der Waals surface area contributed by atoms with Crippen LogP contribution in [0.4, 0.5) is 19.0 Å². The Balaban J connectivity index is 0.000000771. The summed E-state index contributed by atoms with van der Waals surface area (Å²) in [7, 11) is 0. The molecule has 1 aliphatic heterocycles. The van der Waals surface area contributed by atoms with Crippen LogP contribution in [-0.4, -0.2) is 17.6 Å². The van der Waals surface area contributed by atoms with E-state index in [0.29, 0.717) is 17.8 Å². The maximum absolute atomic E-state index is 12.5. The fourth-order valence-corrected chi connectivity index (χ4v) is 1.95. The molecule has 0 unspecified atom stereocenters. The van der Waals surface area contributed by atoms with Crippen LogP contribution in [0, 0.1) is 0 Å². The number of hydrogen-bond acceptors (Lipinski definition) is 2. The molecule has 1 aromatic heterocycles. The lowest BCUT2D eigenvalue weighted by molar-refractivity contribution is -0.137. The third-order valence-corrected chi connectivity index (χ3v) is 2.79. The highest BCUT2D eigenvalue weighted by Crippen LogP contribution is 2.34. The zero-order valence-electron chi connectivity index (χ0n) is 11.2. The van der Waals surface area contributed by atoms with Crippen molar-refractivity contribution in [2.45, 2.75) is 46.3 Å². The van der Waals surface area contributed by atoms with Gasteiger partial charge in [-0.2, -0.15) is 13.2 Å². The maximum atomic E-state index is 12.5. The Morgan fingerprint density at radius 2 is 1.89 bits per heavy atom. The van der Waals surface area contributed by atoms with Crippen LogP contribution in [0.25, 0.3) is 0 Å². The summed E-state index contributed by atoms with van der Waals surface area (Å²) in [5.41, 5.74) is 0.0420. The van der Waals surface area contributed by atoms with Gasteiger partial charge in [-0.05, 0) is 31.9 Å². The minimum absolute atomic E-state index is 0.269. The van der Waals surface area contributed by atoms with Crippen LogP contribution in [-0.2, 0) is 12.6 Å². The molecule has 0 aromatic carbocycles. The van der Waals surface area contributed by atoms with Crippen molar-refractivity contribution in [3.05, 3.63) is 23.4 Å². The van der Waals surface area contributed by atoms with E-state index in [9.17, 15) is 13.2 Å². The molecule has 2 rings (SSSR count). The molecule has 0 saturated heterocycles. The van der Waals surface area contributed by atoms with Gasteiger partial charge in [-0.25, -0.2) is 4.98 Å². The van der Waals surface area contributed by atoms with E-state index in [1.165, 1.54) is 6.07 Å². The second-order valence-corrected chi connectivity index (χ2v) is 4.24. The highest BCUT2D eigenvalue weighted by atomic mass is 19.4. The molecular weight excluding hydrogens is 241 g/mol. The van der Waals surface area contributed by atoms with Gasteiger partial charge in [-0.1, -0.05) is 13.8 Å². The van der Waals surface area contributed by atoms with Crippen LogP contribution in [0.1, 0.15) is 38.8 Å². The highest BCUT2D eigenvalue weighted by Gasteiger charge is 2.33. The molecule has 5 heteroatoms. The zero-order valence-corrected chi connectivity index (χ0v) is 11.2. The van der Waals surface area contributed by atoms with Crippen molar-refractivity contribution < 1.29 is 13.2 Å². The summed E-state index contributed by atoms with van der Waals surface area (Å²) in [4.78, 5) is 5.96. The predicted molar refractivity (Wildman–Crippen MR) is 66.8 cm³/mol. The average Bonchev–Trinajstić information content (AvgIpc) is 2.73. The molecule has 0 fully saturated rings. The number of rotatable bonds is 1. The molecule has 18 heavy (non-hydrogen) atoms. The number of fused-ring (bicyclic) bond motifs is 1. The van der Waals surface area contributed by atoms with E-state index in [1.807, 2.05) is 32.6 Å². The summed E-state index contributed by atoms with van der Waals surface area (Å²) < 4.78 is 37.4. The van der Waals surface area contributed by atoms with Gasteiger partial charge in [0.15, 0.2) is 0 Å². The summed E-state index contributed by atoms with van der Waals surface area (Å²) in [6.07, 6.45) is -2.74. The smallest absolute Gasteiger partial charge is 0.354 e. The molecular formula is C13H19F3N2. The molecule has 0 aliphatic carbocycles. The molecule has 0 N–H and O–H groups in total. The molecule has 1 aliphatic rings. The Kier molecular flexibility index (Phi) is 4.59. The number of pyridine rings is 1. The summed E-state index contributed by atoms with van der Waals surface area (Å²) in [5.74, 6) is 0.697. The molecule has 102 valence electrons. The van der Waals surface area contributed by atoms with Crippen LogP contribution in [0.15, 0.2) is 12.3 Å². The SMILES string of the molecule is CC.CC(C)N1CCc2cc(C(F)(F)F)cnc21. The van der Waals surface area contributed by atoms with E-state index in [4.69, 9.17) is 0 Å². The van der Waals surface area contributed by atoms with Crippen LogP contribution in [0.5, 0.6) is 0 Å². The first kappa shape index (κ1) is 14.8. The first-order chi connectivity index (χ1) is 8.39. The zero-order chi connectivity index (χ0) is 13.9. The normalized spacial score (nSPS) is 14.3. The van der Waals surface area contributed by atoms with Gasteiger partial charge in [-0.3, -0.25) is 0 Å². The number of anilines is 1. The quantitative estimate of drug-likeness (QED) is 0.761. The minimum atomic E-state index is -4.30. The van der Waals surface area contributed by atoms with Gasteiger partial charge in [-0.15, -0.1) is 0 Å². The fourth-order valence-electron chi connectivity index (χ4n) is 1.95. The fraction of sp³-hybridized carbons (Fsp3) is 0.615. The van der Waals surface area contributed by atoms with Crippen molar-refractivity contribution in [2.24, 2.45) is 0 Å². The molecule has 2 nitrogen and oxygen atoms in total. The highest BCUT2D eigenvalue weighted by molar-refractivity contribution is 5.53. The Hall–Kier alpha value is -1.26. The first-order valence-electron chi connectivity index (χ1n) is 6.22. The first-order valence-corrected chi connectivity index (χ1v) is 6.22. The molecule has 2 heterocycles. The van der Waals surface area contributed by atoms with E-state index in [0.717, 1.165) is 12.7 Å². The Morgan fingerprint density at radius 3 is 2.39 bits per heavy atom. The van der Waals surface area contributed by atoms with Crippen molar-refractivity contribution >= 4 is 5.82 Å². The monoisotopic (exact) mass is 260 g/mol. The standard InChI is InChI=1S/C11H13F3N2.C2H6/c1-7(2)16-4-3-8-5-9(11(12,13)14)6-15-10(8)16;1-2/h5-7H,3-4H2,1-2H3;1-2H3. The van der Waals surface area contributed by atoms with Gasteiger partial charge in [0.25, 0.3) is 0 Å². The number of alkyl halides is 3. The summed E-state index contributed by atoms with van der Waals surface area (Å²) in [5, 5.41) is 0. The van der Waals surface area contributed by atoms with Gasteiger partial charge >= 0.3 is 6.18 Å². The van der Waals surface area contributed by atoms with E-state index >= 15 is 0 Å². The van der Waals surface area contributed by atoms with Crippen LogP contribution in [0.3, 0.4) is 0 Å². The lowest BCUT2D eigenvalue weighted by atomic mass is 10.1. The molecule has 0 saturated carbocycles. The van der Waals surface area contributed by atoms with Gasteiger partial charge in [0.05, 0.1) is 5.56 Å². The van der Waals surface area contributed by atoms with E-state index in [1.54, 1.807) is 0 Å². The third-order valence-electron chi connectivity index (χ3n) is 2.79. The Labute approximate surface area is 106 Å². The van der Waals surface area contributed by atoms with E-state index in [2.05, 4.69) is 4.98 Å². The van der Waals surface area contributed by atoms with Crippen molar-refractivity contribution in [3.8, 4) is 0 Å². The Morgan fingerprint density at radius 1 is 1.28 bits per heavy atom. The second kappa shape index (κ2) is 5.59. The van der Waals surface area contributed by atoms with Crippen molar-refractivity contribution in [2.75, 3.05) is 11.4 Å². The molecule has 0 bridgehead atoms. The van der Waals surface area contributed by atoms with Gasteiger partial charge < -0.3 is 4.90 Å². The van der Waals surface area contributed by atoms with Crippen LogP contribution >= 0.6 is 0 Å². The second-order valence-electron chi connectivity index (χ2n) is 4.24. The van der Waals surface area contributed by atoms with Gasteiger partial charge in [0, 0.05) is 18.8 Å². The lowest BCUT2D eigenvalue weighted by Crippen LogP contribution is -2.29. The van der Waals surface area contributed by atoms with Crippen molar-refractivity contribution in [1.82, 2.24) is 4.98 Å². The molecule has 0 spiro atoms. The van der Waals surface area contributed by atoms with Crippen LogP contribution in [0.2, 0.25) is 0 Å². The van der Waals surface area contributed by atoms with Crippen LogP contribution < -0.4 is 4.90 Å². The lowest BCUT2D eigenvalue weighted by Gasteiger charge is -2.22. The third kappa shape index (κ3) is 2.94. The molecule has 0 atom stereocenters. The molecule has 1 aromatic rings.